The van der Waals surface area contributed by atoms with E-state index >= 15 is 0 Å². The zero-order valence-electron chi connectivity index (χ0n) is 14.9. The van der Waals surface area contributed by atoms with Gasteiger partial charge in [0.15, 0.2) is 0 Å². The molecule has 1 atom stereocenters. The molecule has 0 bridgehead atoms. The van der Waals surface area contributed by atoms with Gasteiger partial charge in [-0.15, -0.1) is 0 Å². The molecule has 1 amide bonds. The Morgan fingerprint density at radius 1 is 1.38 bits per heavy atom. The smallest absolute Gasteiger partial charge is 0.270 e. The van der Waals surface area contributed by atoms with E-state index in [1.165, 1.54) is 12.8 Å². The Labute approximate surface area is 150 Å². The number of hydrogen-bond acceptors (Lipinski definition) is 6. The number of amides is 1. The summed E-state index contributed by atoms with van der Waals surface area (Å²) in [6, 6.07) is 5.19. The lowest BCUT2D eigenvalue weighted by atomic mass is 10.2. The third-order valence-electron chi connectivity index (χ3n) is 4.43. The number of carbonyl (C=O) groups is 1. The highest BCUT2D eigenvalue weighted by atomic mass is 16.5. The van der Waals surface area contributed by atoms with Crippen molar-refractivity contribution in [3.63, 3.8) is 0 Å². The van der Waals surface area contributed by atoms with Gasteiger partial charge >= 0.3 is 0 Å². The molecule has 1 N–H and O–H groups in total. The fourth-order valence-electron chi connectivity index (χ4n) is 2.87. The first-order valence-corrected chi connectivity index (χ1v) is 8.62. The number of nitrogens with one attached hydrogen (secondary N) is 1. The summed E-state index contributed by atoms with van der Waals surface area (Å²) >= 11 is 0. The molecular formula is C18H20N6O2. The topological polar surface area (TPSA) is 98.7 Å². The summed E-state index contributed by atoms with van der Waals surface area (Å²) in [7, 11) is 1.73. The molecule has 1 aliphatic rings. The van der Waals surface area contributed by atoms with Crippen LogP contribution >= 0.6 is 0 Å². The lowest BCUT2D eigenvalue weighted by molar-refractivity contribution is 0.0923. The van der Waals surface area contributed by atoms with E-state index in [-0.39, 0.29) is 5.91 Å². The Hall–Kier alpha value is -3.03. The van der Waals surface area contributed by atoms with Gasteiger partial charge in [0, 0.05) is 30.4 Å². The summed E-state index contributed by atoms with van der Waals surface area (Å²) in [5.41, 5.74) is 3.21. The maximum absolute atomic E-state index is 12.4. The van der Waals surface area contributed by atoms with Crippen molar-refractivity contribution < 1.29 is 9.32 Å². The predicted molar refractivity (Wildman–Crippen MR) is 93.3 cm³/mol. The zero-order chi connectivity index (χ0) is 18.3. The van der Waals surface area contributed by atoms with Gasteiger partial charge in [0.1, 0.15) is 11.7 Å². The summed E-state index contributed by atoms with van der Waals surface area (Å²) in [5.74, 6) is 1.18. The average Bonchev–Trinajstić information content (AvgIpc) is 3.25. The highest BCUT2D eigenvalue weighted by Gasteiger charge is 2.26. The molecule has 8 heteroatoms. The fraction of sp³-hybridized carbons (Fsp3) is 0.389. The van der Waals surface area contributed by atoms with Crippen molar-refractivity contribution in [1.82, 2.24) is 30.2 Å². The van der Waals surface area contributed by atoms with Crippen LogP contribution in [0.5, 0.6) is 0 Å². The minimum absolute atomic E-state index is 0.236. The maximum Gasteiger partial charge on any atom is 0.270 e. The molecule has 0 spiro atoms. The van der Waals surface area contributed by atoms with Crippen molar-refractivity contribution >= 4 is 5.91 Å². The van der Waals surface area contributed by atoms with E-state index in [1.54, 1.807) is 30.9 Å². The van der Waals surface area contributed by atoms with Crippen molar-refractivity contribution in [2.45, 2.75) is 38.6 Å². The summed E-state index contributed by atoms with van der Waals surface area (Å²) in [6.45, 7) is 3.65. The molecule has 134 valence electrons. The van der Waals surface area contributed by atoms with E-state index in [2.05, 4.69) is 25.5 Å². The van der Waals surface area contributed by atoms with E-state index in [0.29, 0.717) is 23.3 Å². The second-order valence-electron chi connectivity index (χ2n) is 6.69. The number of nitrogens with zero attached hydrogens (tertiary/aromatic N) is 5. The van der Waals surface area contributed by atoms with Crippen LogP contribution in [0.4, 0.5) is 0 Å². The molecule has 3 heterocycles. The molecule has 4 rings (SSSR count). The highest BCUT2D eigenvalue weighted by molar-refractivity contribution is 5.92. The summed E-state index contributed by atoms with van der Waals surface area (Å²) in [5, 5.41) is 11.1. The zero-order valence-corrected chi connectivity index (χ0v) is 14.9. The van der Waals surface area contributed by atoms with Gasteiger partial charge in [0.05, 0.1) is 5.69 Å². The normalized spacial score (nSPS) is 15.0. The Morgan fingerprint density at radius 3 is 2.88 bits per heavy atom. The van der Waals surface area contributed by atoms with E-state index < -0.39 is 6.04 Å². The second kappa shape index (κ2) is 6.36. The molecule has 3 aromatic heterocycles. The van der Waals surface area contributed by atoms with E-state index in [1.807, 2.05) is 19.1 Å². The van der Waals surface area contributed by atoms with Crippen LogP contribution in [0.2, 0.25) is 0 Å². The summed E-state index contributed by atoms with van der Waals surface area (Å²) in [6.07, 6.45) is 4.14. The van der Waals surface area contributed by atoms with E-state index in [9.17, 15) is 4.79 Å². The monoisotopic (exact) mass is 352 g/mol. The van der Waals surface area contributed by atoms with Gasteiger partial charge in [-0.05, 0) is 44.9 Å². The Balaban J connectivity index is 1.49. The minimum atomic E-state index is -0.413. The first-order chi connectivity index (χ1) is 12.5. The number of rotatable bonds is 5. The van der Waals surface area contributed by atoms with Crippen LogP contribution in [-0.4, -0.2) is 30.8 Å². The number of carbonyl (C=O) groups excluding carboxylic acids is 1. The number of aryl methyl sites for hydroxylation is 2. The molecule has 0 unspecified atom stereocenters. The van der Waals surface area contributed by atoms with Gasteiger partial charge in [-0.1, -0.05) is 5.16 Å². The Bertz CT molecular complexity index is 956. The van der Waals surface area contributed by atoms with Crippen LogP contribution in [0.25, 0.3) is 11.4 Å². The molecule has 1 aliphatic carbocycles. The lowest BCUT2D eigenvalue weighted by Crippen LogP contribution is -2.28. The van der Waals surface area contributed by atoms with Crippen LogP contribution in [0.1, 0.15) is 59.5 Å². The molecule has 0 aliphatic heterocycles. The number of hydrogen-bond donors (Lipinski definition) is 1. The third kappa shape index (κ3) is 3.22. The van der Waals surface area contributed by atoms with Crippen LogP contribution in [0, 0.1) is 6.92 Å². The maximum atomic E-state index is 12.4. The van der Waals surface area contributed by atoms with E-state index in [4.69, 9.17) is 4.52 Å². The predicted octanol–water partition coefficient (Wildman–Crippen LogP) is 2.54. The molecule has 0 aromatic carbocycles. The first-order valence-electron chi connectivity index (χ1n) is 8.62. The largest absolute Gasteiger partial charge is 0.339 e. The average molecular weight is 352 g/mol. The molecule has 26 heavy (non-hydrogen) atoms. The molecule has 1 saturated carbocycles. The molecular weight excluding hydrogens is 332 g/mol. The van der Waals surface area contributed by atoms with Crippen LogP contribution in [0.3, 0.4) is 0 Å². The minimum Gasteiger partial charge on any atom is -0.339 e. The van der Waals surface area contributed by atoms with Crippen LogP contribution in [-0.2, 0) is 7.05 Å². The van der Waals surface area contributed by atoms with Gasteiger partial charge in [0.25, 0.3) is 5.91 Å². The van der Waals surface area contributed by atoms with Crippen molar-refractivity contribution in [2.24, 2.45) is 7.05 Å². The summed E-state index contributed by atoms with van der Waals surface area (Å²) < 4.78 is 6.90. The molecule has 3 aromatic rings. The standard InChI is InChI=1S/C18H20N6O2/c1-10-8-15(24(3)22-10)17(25)20-11(2)18-21-16(23-26-18)13-6-7-19-14(9-13)12-4-5-12/h6-9,11-12H,4-5H2,1-3H3,(H,20,25)/t11-/m0/s1. The van der Waals surface area contributed by atoms with Crippen LogP contribution in [0.15, 0.2) is 28.9 Å². The number of pyridine rings is 1. The second-order valence-corrected chi connectivity index (χ2v) is 6.69. The van der Waals surface area contributed by atoms with Crippen molar-refractivity contribution in [3.05, 3.63) is 47.4 Å². The first kappa shape index (κ1) is 16.4. The van der Waals surface area contributed by atoms with Crippen molar-refractivity contribution in [1.29, 1.82) is 0 Å². The SMILES string of the molecule is Cc1cc(C(=O)N[C@@H](C)c2nc(-c3ccnc(C4CC4)c3)no2)n(C)n1. The van der Waals surface area contributed by atoms with Gasteiger partial charge in [-0.2, -0.15) is 10.1 Å². The number of aromatic nitrogens is 5. The molecule has 8 nitrogen and oxygen atoms in total. The van der Waals surface area contributed by atoms with Crippen LogP contribution < -0.4 is 5.32 Å². The third-order valence-corrected chi connectivity index (χ3v) is 4.43. The molecule has 0 saturated heterocycles. The van der Waals surface area contributed by atoms with E-state index in [0.717, 1.165) is 17.0 Å². The fourth-order valence-corrected chi connectivity index (χ4v) is 2.87. The molecule has 1 fully saturated rings. The summed E-state index contributed by atoms with van der Waals surface area (Å²) in [4.78, 5) is 21.2. The van der Waals surface area contributed by atoms with Crippen molar-refractivity contribution in [3.8, 4) is 11.4 Å². The van der Waals surface area contributed by atoms with Crippen molar-refractivity contribution in [2.75, 3.05) is 0 Å². The lowest BCUT2D eigenvalue weighted by Gasteiger charge is -2.09. The Kier molecular flexibility index (Phi) is 4.02. The highest BCUT2D eigenvalue weighted by Crippen LogP contribution is 2.39. The van der Waals surface area contributed by atoms with Gasteiger partial charge < -0.3 is 9.84 Å². The Morgan fingerprint density at radius 2 is 2.19 bits per heavy atom. The van der Waals surface area contributed by atoms with Gasteiger partial charge in [-0.3, -0.25) is 14.5 Å². The van der Waals surface area contributed by atoms with Gasteiger partial charge in [0.2, 0.25) is 11.7 Å². The molecule has 0 radical (unpaired) electrons. The van der Waals surface area contributed by atoms with Gasteiger partial charge in [-0.25, -0.2) is 0 Å². The quantitative estimate of drug-likeness (QED) is 0.757.